The monoisotopic (exact) mass is 156 g/mol. The summed E-state index contributed by atoms with van der Waals surface area (Å²) in [7, 11) is 0. The smallest absolute Gasteiger partial charge is 0.312 e. The van der Waals surface area contributed by atoms with Gasteiger partial charge >= 0.3 is 6.03 Å². The lowest BCUT2D eigenvalue weighted by atomic mass is 9.86. The Bertz CT molecular complexity index is 147. The third-order valence-corrected chi connectivity index (χ3v) is 2.44. The van der Waals surface area contributed by atoms with Crippen LogP contribution in [0.25, 0.3) is 0 Å². The van der Waals surface area contributed by atoms with Gasteiger partial charge in [0.2, 0.25) is 0 Å². The number of nitrogens with two attached hydrogens (primary N) is 1. The van der Waals surface area contributed by atoms with Crippen LogP contribution in [0.1, 0.15) is 32.6 Å². The Morgan fingerprint density at radius 3 is 2.64 bits per heavy atom. The summed E-state index contributed by atoms with van der Waals surface area (Å²) in [5, 5.41) is 2.77. The number of hydrogen-bond donors (Lipinski definition) is 2. The van der Waals surface area contributed by atoms with E-state index in [4.69, 9.17) is 5.73 Å². The molecule has 64 valence electrons. The predicted molar refractivity (Wildman–Crippen MR) is 44.1 cm³/mol. The Hall–Kier alpha value is -0.730. The van der Waals surface area contributed by atoms with Crippen molar-refractivity contribution >= 4 is 6.03 Å². The molecule has 1 aliphatic rings. The summed E-state index contributed by atoms with van der Waals surface area (Å²) in [5.74, 6) is 0.594. The van der Waals surface area contributed by atoms with Gasteiger partial charge in [-0.3, -0.25) is 0 Å². The lowest BCUT2D eigenvalue weighted by Crippen LogP contribution is -2.43. The molecule has 0 spiro atoms. The van der Waals surface area contributed by atoms with Crippen LogP contribution in [0.4, 0.5) is 4.79 Å². The van der Waals surface area contributed by atoms with Gasteiger partial charge in [0.15, 0.2) is 0 Å². The summed E-state index contributed by atoms with van der Waals surface area (Å²) in [6.07, 6.45) is 4.81. The van der Waals surface area contributed by atoms with Crippen LogP contribution in [0.2, 0.25) is 0 Å². The molecule has 0 unspecified atom stereocenters. The van der Waals surface area contributed by atoms with Crippen molar-refractivity contribution in [2.24, 2.45) is 11.7 Å². The average Bonchev–Trinajstić information content (AvgIpc) is 1.93. The molecule has 0 radical (unpaired) electrons. The van der Waals surface area contributed by atoms with Crippen LogP contribution in [-0.4, -0.2) is 12.1 Å². The number of amides is 2. The molecule has 1 fully saturated rings. The Labute approximate surface area is 67.3 Å². The zero-order valence-corrected chi connectivity index (χ0v) is 6.97. The van der Waals surface area contributed by atoms with Crippen molar-refractivity contribution in [1.82, 2.24) is 5.32 Å². The summed E-state index contributed by atoms with van der Waals surface area (Å²) in [6, 6.07) is -0.0648. The zero-order valence-electron chi connectivity index (χ0n) is 6.97. The van der Waals surface area contributed by atoms with E-state index in [0.717, 1.165) is 6.42 Å². The van der Waals surface area contributed by atoms with Crippen molar-refractivity contribution in [2.75, 3.05) is 0 Å². The Morgan fingerprint density at radius 1 is 1.45 bits per heavy atom. The van der Waals surface area contributed by atoms with Crippen LogP contribution < -0.4 is 11.1 Å². The second-order valence-electron chi connectivity index (χ2n) is 3.38. The topological polar surface area (TPSA) is 55.1 Å². The van der Waals surface area contributed by atoms with Crippen LogP contribution in [0.3, 0.4) is 0 Å². The minimum atomic E-state index is -0.385. The summed E-state index contributed by atoms with van der Waals surface area (Å²) >= 11 is 0. The normalized spacial score (nSPS) is 31.4. The molecule has 1 saturated carbocycles. The summed E-state index contributed by atoms with van der Waals surface area (Å²) < 4.78 is 0. The van der Waals surface area contributed by atoms with Crippen molar-refractivity contribution in [3.8, 4) is 0 Å². The molecule has 3 nitrogen and oxygen atoms in total. The fourth-order valence-corrected chi connectivity index (χ4v) is 1.71. The lowest BCUT2D eigenvalue weighted by molar-refractivity contribution is 0.229. The van der Waals surface area contributed by atoms with E-state index in [9.17, 15) is 4.79 Å². The Morgan fingerprint density at radius 2 is 2.09 bits per heavy atom. The maximum Gasteiger partial charge on any atom is 0.312 e. The molecule has 3 N–H and O–H groups in total. The summed E-state index contributed by atoms with van der Waals surface area (Å²) in [5.41, 5.74) is 5.04. The van der Waals surface area contributed by atoms with Gasteiger partial charge in [0, 0.05) is 6.04 Å². The molecule has 0 aromatic carbocycles. The number of carbonyl (C=O) groups excluding carboxylic acids is 1. The largest absolute Gasteiger partial charge is 0.352 e. The molecule has 0 aromatic rings. The van der Waals surface area contributed by atoms with Gasteiger partial charge in [-0.15, -0.1) is 0 Å². The SMILES string of the molecule is C[C@@H]1CCCC[C@H]1NC(N)=O. The predicted octanol–water partition coefficient (Wildman–Crippen LogP) is 1.23. The molecule has 11 heavy (non-hydrogen) atoms. The van der Waals surface area contributed by atoms with Gasteiger partial charge in [0.25, 0.3) is 0 Å². The molecule has 2 atom stereocenters. The van der Waals surface area contributed by atoms with Gasteiger partial charge in [0.1, 0.15) is 0 Å². The number of nitrogens with one attached hydrogen (secondary N) is 1. The van der Waals surface area contributed by atoms with Gasteiger partial charge in [0.05, 0.1) is 0 Å². The van der Waals surface area contributed by atoms with Crippen molar-refractivity contribution < 1.29 is 4.79 Å². The lowest BCUT2D eigenvalue weighted by Gasteiger charge is -2.28. The molecule has 3 heteroatoms. The number of carbonyl (C=O) groups is 1. The van der Waals surface area contributed by atoms with E-state index in [1.807, 2.05) is 0 Å². The Kier molecular flexibility index (Phi) is 2.74. The third kappa shape index (κ3) is 2.41. The first-order valence-electron chi connectivity index (χ1n) is 4.26. The number of hydrogen-bond acceptors (Lipinski definition) is 1. The third-order valence-electron chi connectivity index (χ3n) is 2.44. The maximum absolute atomic E-state index is 10.5. The van der Waals surface area contributed by atoms with Crippen LogP contribution in [0, 0.1) is 5.92 Å². The van der Waals surface area contributed by atoms with E-state index >= 15 is 0 Å². The molecule has 0 saturated heterocycles. The minimum absolute atomic E-state index is 0.321. The minimum Gasteiger partial charge on any atom is -0.352 e. The fourth-order valence-electron chi connectivity index (χ4n) is 1.71. The molecule has 1 rings (SSSR count). The van der Waals surface area contributed by atoms with E-state index in [-0.39, 0.29) is 6.03 Å². The molecule has 2 amide bonds. The van der Waals surface area contributed by atoms with Crippen molar-refractivity contribution in [1.29, 1.82) is 0 Å². The zero-order chi connectivity index (χ0) is 8.27. The second-order valence-corrected chi connectivity index (χ2v) is 3.38. The Balaban J connectivity index is 2.35. The maximum atomic E-state index is 10.5. The van der Waals surface area contributed by atoms with Gasteiger partial charge in [-0.1, -0.05) is 19.8 Å². The highest BCUT2D eigenvalue weighted by atomic mass is 16.2. The quantitative estimate of drug-likeness (QED) is 0.589. The molecule has 0 heterocycles. The van der Waals surface area contributed by atoms with Gasteiger partial charge < -0.3 is 11.1 Å². The average molecular weight is 156 g/mol. The highest BCUT2D eigenvalue weighted by Crippen LogP contribution is 2.23. The van der Waals surface area contributed by atoms with E-state index in [1.165, 1.54) is 19.3 Å². The number of rotatable bonds is 1. The van der Waals surface area contributed by atoms with Crippen molar-refractivity contribution in [2.45, 2.75) is 38.6 Å². The highest BCUT2D eigenvalue weighted by molar-refractivity contribution is 5.71. The summed E-state index contributed by atoms with van der Waals surface area (Å²) in [4.78, 5) is 10.5. The highest BCUT2D eigenvalue weighted by Gasteiger charge is 2.21. The number of urea groups is 1. The van der Waals surface area contributed by atoms with E-state index < -0.39 is 0 Å². The first-order chi connectivity index (χ1) is 5.20. The second kappa shape index (κ2) is 3.60. The van der Waals surface area contributed by atoms with Crippen molar-refractivity contribution in [3.63, 3.8) is 0 Å². The number of primary amides is 1. The van der Waals surface area contributed by atoms with Gasteiger partial charge in [-0.25, -0.2) is 4.79 Å². The van der Waals surface area contributed by atoms with E-state index in [2.05, 4.69) is 12.2 Å². The van der Waals surface area contributed by atoms with Gasteiger partial charge in [-0.2, -0.15) is 0 Å². The van der Waals surface area contributed by atoms with Crippen LogP contribution in [0.15, 0.2) is 0 Å². The van der Waals surface area contributed by atoms with Crippen LogP contribution in [-0.2, 0) is 0 Å². The first-order valence-corrected chi connectivity index (χ1v) is 4.26. The first kappa shape index (κ1) is 8.37. The van der Waals surface area contributed by atoms with Crippen LogP contribution in [0.5, 0.6) is 0 Å². The molecule has 0 aromatic heterocycles. The standard InChI is InChI=1S/C8H16N2O/c1-6-4-2-3-5-7(6)10-8(9)11/h6-7H,2-5H2,1H3,(H3,9,10,11)/t6-,7-/m1/s1. The fraction of sp³-hybridized carbons (Fsp3) is 0.875. The molecule has 0 aliphatic heterocycles. The van der Waals surface area contributed by atoms with Gasteiger partial charge in [-0.05, 0) is 18.8 Å². The summed E-state index contributed by atoms with van der Waals surface area (Å²) in [6.45, 7) is 2.17. The molecule has 0 bridgehead atoms. The molecular formula is C8H16N2O. The van der Waals surface area contributed by atoms with Crippen molar-refractivity contribution in [3.05, 3.63) is 0 Å². The van der Waals surface area contributed by atoms with Crippen LogP contribution >= 0.6 is 0 Å². The van der Waals surface area contributed by atoms with E-state index in [1.54, 1.807) is 0 Å². The molecule has 1 aliphatic carbocycles. The molecular weight excluding hydrogens is 140 g/mol. The van der Waals surface area contributed by atoms with E-state index in [0.29, 0.717) is 12.0 Å².